The van der Waals surface area contributed by atoms with Gasteiger partial charge < -0.3 is 43.7 Å². The normalized spacial score (nSPS) is 10.1. The van der Waals surface area contributed by atoms with Crippen molar-refractivity contribution in [2.45, 2.75) is 26.7 Å². The minimum absolute atomic E-state index is 0.0870. The van der Waals surface area contributed by atoms with Crippen molar-refractivity contribution >= 4 is 0 Å². The Hall–Kier alpha value is -0.360. The van der Waals surface area contributed by atoms with Crippen LogP contribution in [-0.4, -0.2) is 115 Å². The first kappa shape index (κ1) is 32.3. The van der Waals surface area contributed by atoms with Crippen molar-refractivity contribution in [3.63, 3.8) is 0 Å². The predicted octanol–water partition coefficient (Wildman–Crippen LogP) is 0.486. The lowest BCUT2D eigenvalue weighted by Crippen LogP contribution is -2.07. The summed E-state index contributed by atoms with van der Waals surface area (Å²) >= 11 is 0. The van der Waals surface area contributed by atoms with Gasteiger partial charge in [0.2, 0.25) is 0 Å². The summed E-state index contributed by atoms with van der Waals surface area (Å²) in [5.41, 5.74) is 0. The highest BCUT2D eigenvalue weighted by Crippen LogP contribution is 1.87. The van der Waals surface area contributed by atoms with E-state index in [-0.39, 0.29) is 19.8 Å². The maximum atomic E-state index is 8.34. The van der Waals surface area contributed by atoms with Gasteiger partial charge >= 0.3 is 0 Å². The molecule has 0 bridgehead atoms. The maximum absolute atomic E-state index is 8.34. The van der Waals surface area contributed by atoms with E-state index >= 15 is 0 Å². The van der Waals surface area contributed by atoms with Gasteiger partial charge in [0.05, 0.1) is 79.3 Å². The van der Waals surface area contributed by atoms with Gasteiger partial charge in [0.25, 0.3) is 0 Å². The van der Waals surface area contributed by atoms with Gasteiger partial charge in [0, 0.05) is 20.3 Å². The lowest BCUT2D eigenvalue weighted by molar-refractivity contribution is 0.0324. The summed E-state index contributed by atoms with van der Waals surface area (Å²) in [7, 11) is 1.61. The molecule has 9 heteroatoms. The van der Waals surface area contributed by atoms with Gasteiger partial charge in [-0.3, -0.25) is 0 Å². The molecule has 0 aliphatic carbocycles. The third-order valence-corrected chi connectivity index (χ3v) is 2.73. The summed E-state index contributed by atoms with van der Waals surface area (Å²) in [6.07, 6.45) is 2.28. The molecule has 0 heterocycles. The average molecular weight is 417 g/mol. The van der Waals surface area contributed by atoms with Crippen LogP contribution in [-0.2, 0) is 28.4 Å². The molecule has 0 saturated heterocycles. The van der Waals surface area contributed by atoms with E-state index in [0.29, 0.717) is 59.5 Å². The third kappa shape index (κ3) is 44.8. The highest BCUT2D eigenvalue weighted by Gasteiger charge is 1.88. The highest BCUT2D eigenvalue weighted by atomic mass is 16.5. The molecule has 0 aromatic carbocycles. The van der Waals surface area contributed by atoms with Crippen molar-refractivity contribution in [3.05, 3.63) is 0 Å². The molecular weight excluding hydrogens is 372 g/mol. The largest absolute Gasteiger partial charge is 0.394 e. The van der Waals surface area contributed by atoms with Gasteiger partial charge in [0.15, 0.2) is 0 Å². The van der Waals surface area contributed by atoms with Gasteiger partial charge in [-0.15, -0.1) is 0 Å². The fraction of sp³-hybridized carbons (Fsp3) is 1.00. The van der Waals surface area contributed by atoms with E-state index in [4.69, 9.17) is 39.0 Å². The second-order valence-corrected chi connectivity index (χ2v) is 5.16. The summed E-state index contributed by atoms with van der Waals surface area (Å²) in [4.78, 5) is 0. The molecule has 28 heavy (non-hydrogen) atoms. The predicted molar refractivity (Wildman–Crippen MR) is 108 cm³/mol. The second kappa shape index (κ2) is 37.4. The van der Waals surface area contributed by atoms with Crippen molar-refractivity contribution in [1.29, 1.82) is 0 Å². The van der Waals surface area contributed by atoms with Crippen LogP contribution in [0.3, 0.4) is 0 Å². The molecule has 0 rings (SSSR count). The lowest BCUT2D eigenvalue weighted by atomic mass is 10.4. The smallest absolute Gasteiger partial charge is 0.0701 e. The molecular formula is C19H44O9. The Kier molecular flexibility index (Phi) is 43.2. The number of hydrogen-bond donors (Lipinski definition) is 3. The monoisotopic (exact) mass is 416 g/mol. The molecule has 0 aromatic rings. The zero-order valence-corrected chi connectivity index (χ0v) is 18.1. The summed E-state index contributed by atoms with van der Waals surface area (Å²) in [5, 5.41) is 24.8. The Morgan fingerprint density at radius 1 is 0.500 bits per heavy atom. The SMILES string of the molecule is CCCCOCCOCCO.CCOCCOCCO.COCCOCCO. The number of unbranched alkanes of at least 4 members (excludes halogenated alkanes) is 1. The van der Waals surface area contributed by atoms with Crippen LogP contribution >= 0.6 is 0 Å². The van der Waals surface area contributed by atoms with E-state index < -0.39 is 0 Å². The zero-order chi connectivity index (χ0) is 21.6. The third-order valence-electron chi connectivity index (χ3n) is 2.73. The summed E-state index contributed by atoms with van der Waals surface area (Å²) in [6.45, 7) is 10.7. The van der Waals surface area contributed by atoms with Gasteiger partial charge in [-0.05, 0) is 13.3 Å². The number of rotatable bonds is 19. The highest BCUT2D eigenvalue weighted by molar-refractivity contribution is 4.33. The van der Waals surface area contributed by atoms with Crippen LogP contribution in [0.15, 0.2) is 0 Å². The fourth-order valence-electron chi connectivity index (χ4n) is 1.37. The zero-order valence-electron chi connectivity index (χ0n) is 18.1. The molecule has 0 spiro atoms. The Balaban J connectivity index is -0.000000340. The molecule has 174 valence electrons. The van der Waals surface area contributed by atoms with E-state index in [9.17, 15) is 0 Å². The van der Waals surface area contributed by atoms with Crippen LogP contribution in [0, 0.1) is 0 Å². The quantitative estimate of drug-likeness (QED) is 0.259. The molecule has 0 aliphatic rings. The van der Waals surface area contributed by atoms with Crippen LogP contribution in [0.1, 0.15) is 26.7 Å². The summed E-state index contributed by atoms with van der Waals surface area (Å²) in [6, 6.07) is 0. The first-order valence-electron chi connectivity index (χ1n) is 9.95. The van der Waals surface area contributed by atoms with Crippen LogP contribution in [0.25, 0.3) is 0 Å². The van der Waals surface area contributed by atoms with Crippen LogP contribution in [0.5, 0.6) is 0 Å². The molecule has 0 fully saturated rings. The van der Waals surface area contributed by atoms with Crippen molar-refractivity contribution in [2.75, 3.05) is 99.6 Å². The Morgan fingerprint density at radius 2 is 0.893 bits per heavy atom. The average Bonchev–Trinajstić information content (AvgIpc) is 2.72. The molecule has 0 radical (unpaired) electrons. The van der Waals surface area contributed by atoms with Gasteiger partial charge in [-0.2, -0.15) is 0 Å². The van der Waals surface area contributed by atoms with Gasteiger partial charge in [-0.25, -0.2) is 0 Å². The Labute approximate surface area is 170 Å². The summed E-state index contributed by atoms with van der Waals surface area (Å²) < 4.78 is 29.6. The fourth-order valence-corrected chi connectivity index (χ4v) is 1.37. The van der Waals surface area contributed by atoms with E-state index in [1.807, 2.05) is 6.92 Å². The lowest BCUT2D eigenvalue weighted by Gasteiger charge is -2.02. The van der Waals surface area contributed by atoms with Crippen molar-refractivity contribution in [2.24, 2.45) is 0 Å². The molecule has 3 N–H and O–H groups in total. The first-order chi connectivity index (χ1) is 13.7. The first-order valence-corrected chi connectivity index (χ1v) is 9.95. The standard InChI is InChI=1S/C8H18O3.C6H14O3.C5H12O3/c1-2-3-5-10-7-8-11-6-4-9;1-2-8-5-6-9-4-3-7;1-7-4-5-8-3-2-6/h9H,2-8H2,1H3;7H,2-6H2,1H3;6H,2-5H2,1H3. The molecule has 9 nitrogen and oxygen atoms in total. The summed E-state index contributed by atoms with van der Waals surface area (Å²) in [5.74, 6) is 0. The van der Waals surface area contributed by atoms with Crippen LogP contribution in [0.2, 0.25) is 0 Å². The molecule has 0 saturated carbocycles. The van der Waals surface area contributed by atoms with E-state index in [0.717, 1.165) is 26.1 Å². The van der Waals surface area contributed by atoms with Gasteiger partial charge in [0.1, 0.15) is 0 Å². The number of hydrogen-bond acceptors (Lipinski definition) is 9. The maximum Gasteiger partial charge on any atom is 0.0701 e. The van der Waals surface area contributed by atoms with E-state index in [1.54, 1.807) is 7.11 Å². The second-order valence-electron chi connectivity index (χ2n) is 5.16. The number of aliphatic hydroxyl groups excluding tert-OH is 3. The topological polar surface area (TPSA) is 116 Å². The molecule has 0 atom stereocenters. The Bertz CT molecular complexity index is 202. The van der Waals surface area contributed by atoms with Gasteiger partial charge in [-0.1, -0.05) is 13.3 Å². The molecule has 0 aromatic heterocycles. The Morgan fingerprint density at radius 3 is 1.25 bits per heavy atom. The van der Waals surface area contributed by atoms with E-state index in [1.165, 1.54) is 0 Å². The number of aliphatic hydroxyl groups is 3. The minimum Gasteiger partial charge on any atom is -0.394 e. The van der Waals surface area contributed by atoms with Crippen LogP contribution in [0.4, 0.5) is 0 Å². The number of methoxy groups -OCH3 is 1. The molecule has 0 unspecified atom stereocenters. The van der Waals surface area contributed by atoms with Crippen molar-refractivity contribution in [3.8, 4) is 0 Å². The van der Waals surface area contributed by atoms with Crippen LogP contribution < -0.4 is 0 Å². The van der Waals surface area contributed by atoms with Crippen molar-refractivity contribution < 1.29 is 43.7 Å². The van der Waals surface area contributed by atoms with E-state index in [2.05, 4.69) is 11.7 Å². The molecule has 0 aliphatic heterocycles. The minimum atomic E-state index is 0.0870. The number of ether oxygens (including phenoxy) is 6. The molecule has 0 amide bonds. The van der Waals surface area contributed by atoms with Crippen molar-refractivity contribution in [1.82, 2.24) is 0 Å².